The molecule has 0 unspecified atom stereocenters. The van der Waals surface area contributed by atoms with Crippen LogP contribution < -0.4 is 5.32 Å². The number of rotatable bonds is 0. The van der Waals surface area contributed by atoms with Crippen LogP contribution >= 0.6 is 0 Å². The van der Waals surface area contributed by atoms with Crippen molar-refractivity contribution in [3.05, 3.63) is 29.8 Å². The summed E-state index contributed by atoms with van der Waals surface area (Å²) in [6.45, 7) is 1.77. The molecule has 3 rings (SSSR count). The Morgan fingerprint density at radius 3 is 2.81 bits per heavy atom. The van der Waals surface area contributed by atoms with Crippen LogP contribution in [-0.4, -0.2) is 18.0 Å². The van der Waals surface area contributed by atoms with Crippen LogP contribution in [0.1, 0.15) is 18.9 Å². The number of ether oxygens (including phenoxy) is 1. The van der Waals surface area contributed by atoms with Gasteiger partial charge in [0.05, 0.1) is 6.42 Å². The van der Waals surface area contributed by atoms with Gasteiger partial charge in [0.25, 0.3) is 0 Å². The highest BCUT2D eigenvalue weighted by molar-refractivity contribution is 6.09. The van der Waals surface area contributed by atoms with Crippen LogP contribution in [0.5, 0.6) is 0 Å². The highest BCUT2D eigenvalue weighted by Gasteiger charge is 2.57. The average molecular weight is 217 g/mol. The van der Waals surface area contributed by atoms with Gasteiger partial charge in [-0.1, -0.05) is 18.2 Å². The van der Waals surface area contributed by atoms with E-state index in [1.54, 1.807) is 6.92 Å². The Labute approximate surface area is 92.6 Å². The van der Waals surface area contributed by atoms with Crippen molar-refractivity contribution in [2.75, 3.05) is 5.32 Å². The predicted octanol–water partition coefficient (Wildman–Crippen LogP) is 1.21. The lowest BCUT2D eigenvalue weighted by molar-refractivity contribution is -0.140. The van der Waals surface area contributed by atoms with Crippen molar-refractivity contribution < 1.29 is 14.3 Å². The van der Waals surface area contributed by atoms with E-state index in [9.17, 15) is 9.59 Å². The highest BCUT2D eigenvalue weighted by Crippen LogP contribution is 2.47. The first-order chi connectivity index (χ1) is 7.64. The summed E-state index contributed by atoms with van der Waals surface area (Å²) in [5, 5.41) is 2.81. The number of cyclic esters (lactones) is 1. The molecule has 2 aliphatic heterocycles. The van der Waals surface area contributed by atoms with Crippen LogP contribution in [0.15, 0.2) is 24.3 Å². The van der Waals surface area contributed by atoms with Crippen molar-refractivity contribution in [1.82, 2.24) is 0 Å². The van der Waals surface area contributed by atoms with E-state index in [1.807, 2.05) is 24.3 Å². The Morgan fingerprint density at radius 1 is 1.38 bits per heavy atom. The van der Waals surface area contributed by atoms with E-state index >= 15 is 0 Å². The lowest BCUT2D eigenvalue weighted by Crippen LogP contribution is -2.40. The first-order valence-electron chi connectivity index (χ1n) is 5.25. The Bertz CT molecular complexity index is 497. The van der Waals surface area contributed by atoms with Gasteiger partial charge in [0.15, 0.2) is 0 Å². The molecule has 0 bridgehead atoms. The van der Waals surface area contributed by atoms with Crippen LogP contribution in [0.25, 0.3) is 0 Å². The number of carbonyl (C=O) groups is 2. The smallest absolute Gasteiger partial charge is 0.307 e. The first kappa shape index (κ1) is 9.39. The zero-order chi connectivity index (χ0) is 11.3. The molecule has 2 aliphatic rings. The standard InChI is InChI=1S/C12H11NO3/c1-7-12(6-10(14)16-7)8-4-2-3-5-9(8)13-11(12)15/h2-5,7H,6H2,1H3,(H,13,15)/t7-,12-/m1/s1. The number of nitrogens with one attached hydrogen (secondary N) is 1. The molecule has 1 spiro atoms. The maximum atomic E-state index is 12.1. The maximum absolute atomic E-state index is 12.1. The normalized spacial score (nSPS) is 31.4. The molecule has 0 aliphatic carbocycles. The van der Waals surface area contributed by atoms with Gasteiger partial charge in [0.2, 0.25) is 5.91 Å². The molecular formula is C12H11NO3. The number of fused-ring (bicyclic) bond motifs is 2. The molecule has 4 heteroatoms. The minimum atomic E-state index is -0.812. The lowest BCUT2D eigenvalue weighted by atomic mass is 9.76. The summed E-state index contributed by atoms with van der Waals surface area (Å²) < 4.78 is 5.13. The molecule has 4 nitrogen and oxygen atoms in total. The van der Waals surface area contributed by atoms with E-state index in [-0.39, 0.29) is 18.3 Å². The molecule has 0 saturated carbocycles. The number of hydrogen-bond acceptors (Lipinski definition) is 3. The monoisotopic (exact) mass is 217 g/mol. The number of esters is 1. The Kier molecular flexibility index (Phi) is 1.67. The molecule has 2 heterocycles. The fourth-order valence-corrected chi connectivity index (χ4v) is 2.63. The Morgan fingerprint density at radius 2 is 2.12 bits per heavy atom. The molecule has 0 aromatic heterocycles. The quantitative estimate of drug-likeness (QED) is 0.664. The van der Waals surface area contributed by atoms with Gasteiger partial charge >= 0.3 is 5.97 Å². The number of hydrogen-bond donors (Lipinski definition) is 1. The van der Waals surface area contributed by atoms with E-state index in [0.717, 1.165) is 11.3 Å². The number of anilines is 1. The SMILES string of the molecule is C[C@H]1OC(=O)C[C@@]12C(=O)Nc1ccccc12. The minimum Gasteiger partial charge on any atom is -0.461 e. The van der Waals surface area contributed by atoms with Gasteiger partial charge < -0.3 is 10.1 Å². The van der Waals surface area contributed by atoms with E-state index in [4.69, 9.17) is 4.74 Å². The van der Waals surface area contributed by atoms with Crippen LogP contribution in [0.3, 0.4) is 0 Å². The van der Waals surface area contributed by atoms with Crippen molar-refractivity contribution in [1.29, 1.82) is 0 Å². The van der Waals surface area contributed by atoms with Crippen molar-refractivity contribution >= 4 is 17.6 Å². The molecule has 1 amide bonds. The number of benzene rings is 1. The van der Waals surface area contributed by atoms with Crippen molar-refractivity contribution in [2.45, 2.75) is 24.9 Å². The van der Waals surface area contributed by atoms with Crippen molar-refractivity contribution in [3.8, 4) is 0 Å². The summed E-state index contributed by atoms with van der Waals surface area (Å²) >= 11 is 0. The Balaban J connectivity index is 2.21. The summed E-state index contributed by atoms with van der Waals surface area (Å²) in [4.78, 5) is 23.4. The molecule has 1 aromatic carbocycles. The summed E-state index contributed by atoms with van der Waals surface area (Å²) in [6, 6.07) is 7.46. The van der Waals surface area contributed by atoms with Gasteiger partial charge in [0, 0.05) is 5.69 Å². The van der Waals surface area contributed by atoms with E-state index in [1.165, 1.54) is 0 Å². The van der Waals surface area contributed by atoms with E-state index in [0.29, 0.717) is 0 Å². The lowest BCUT2D eigenvalue weighted by Gasteiger charge is -2.23. The summed E-state index contributed by atoms with van der Waals surface area (Å²) in [6.07, 6.45) is -0.263. The third-order valence-corrected chi connectivity index (χ3v) is 3.49. The zero-order valence-corrected chi connectivity index (χ0v) is 8.82. The molecule has 1 aromatic rings. The van der Waals surface area contributed by atoms with Crippen LogP contribution in [0.4, 0.5) is 5.69 Å². The predicted molar refractivity (Wildman–Crippen MR) is 56.9 cm³/mol. The summed E-state index contributed by atoms with van der Waals surface area (Å²) in [5.41, 5.74) is 0.851. The second kappa shape index (κ2) is 2.84. The molecule has 0 radical (unpaired) electrons. The minimum absolute atomic E-state index is 0.132. The van der Waals surface area contributed by atoms with Gasteiger partial charge in [-0.15, -0.1) is 0 Å². The van der Waals surface area contributed by atoms with Crippen molar-refractivity contribution in [3.63, 3.8) is 0 Å². The first-order valence-corrected chi connectivity index (χ1v) is 5.25. The summed E-state index contributed by atoms with van der Waals surface area (Å²) in [5.74, 6) is -0.439. The van der Waals surface area contributed by atoms with E-state index < -0.39 is 11.5 Å². The maximum Gasteiger partial charge on any atom is 0.307 e. The fraction of sp³-hybridized carbons (Fsp3) is 0.333. The molecule has 1 fully saturated rings. The van der Waals surface area contributed by atoms with Gasteiger partial charge in [0.1, 0.15) is 11.5 Å². The molecule has 1 N–H and O–H groups in total. The molecule has 16 heavy (non-hydrogen) atoms. The summed E-state index contributed by atoms with van der Waals surface area (Å²) in [7, 11) is 0. The third kappa shape index (κ3) is 0.939. The van der Waals surface area contributed by atoms with Crippen molar-refractivity contribution in [2.24, 2.45) is 0 Å². The van der Waals surface area contributed by atoms with Gasteiger partial charge in [-0.05, 0) is 18.6 Å². The van der Waals surface area contributed by atoms with Crippen LogP contribution in [0, 0.1) is 0 Å². The molecule has 82 valence electrons. The topological polar surface area (TPSA) is 55.4 Å². The fourth-order valence-electron chi connectivity index (χ4n) is 2.63. The van der Waals surface area contributed by atoms with Gasteiger partial charge in [-0.25, -0.2) is 0 Å². The van der Waals surface area contributed by atoms with Gasteiger partial charge in [-0.2, -0.15) is 0 Å². The van der Waals surface area contributed by atoms with Crippen LogP contribution in [-0.2, 0) is 19.7 Å². The molecule has 1 saturated heterocycles. The Hall–Kier alpha value is -1.84. The second-order valence-electron chi connectivity index (χ2n) is 4.28. The third-order valence-electron chi connectivity index (χ3n) is 3.49. The number of para-hydroxylation sites is 1. The number of carbonyl (C=O) groups excluding carboxylic acids is 2. The molecule has 2 atom stereocenters. The van der Waals surface area contributed by atoms with Crippen LogP contribution in [0.2, 0.25) is 0 Å². The van der Waals surface area contributed by atoms with Gasteiger partial charge in [-0.3, -0.25) is 9.59 Å². The highest BCUT2D eigenvalue weighted by atomic mass is 16.6. The zero-order valence-electron chi connectivity index (χ0n) is 8.82. The number of amides is 1. The largest absolute Gasteiger partial charge is 0.461 e. The second-order valence-corrected chi connectivity index (χ2v) is 4.28. The molecular weight excluding hydrogens is 206 g/mol. The van der Waals surface area contributed by atoms with E-state index in [2.05, 4.69) is 5.32 Å². The average Bonchev–Trinajstić information content (AvgIpc) is 2.69.